The van der Waals surface area contributed by atoms with E-state index in [2.05, 4.69) is 26.1 Å². The highest BCUT2D eigenvalue weighted by Crippen LogP contribution is 2.28. The Morgan fingerprint density at radius 2 is 2.10 bits per heavy atom. The third-order valence-corrected chi connectivity index (χ3v) is 3.02. The summed E-state index contributed by atoms with van der Waals surface area (Å²) >= 11 is 0. The van der Waals surface area contributed by atoms with E-state index in [9.17, 15) is 9.18 Å². The van der Waals surface area contributed by atoms with Gasteiger partial charge in [0.1, 0.15) is 11.6 Å². The van der Waals surface area contributed by atoms with E-state index in [0.717, 1.165) is 0 Å². The van der Waals surface area contributed by atoms with Crippen molar-refractivity contribution in [3.63, 3.8) is 0 Å². The summed E-state index contributed by atoms with van der Waals surface area (Å²) in [7, 11) is 0. The second kappa shape index (κ2) is 7.41. The van der Waals surface area contributed by atoms with Gasteiger partial charge in [0, 0.05) is 12.6 Å². The number of carbonyl (C=O) groups excluding carboxylic acids is 1. The molecule has 21 heavy (non-hydrogen) atoms. The third kappa shape index (κ3) is 5.71. The Morgan fingerprint density at radius 3 is 2.62 bits per heavy atom. The number of amides is 1. The molecule has 0 aromatic heterocycles. The number of halogens is 1. The normalized spacial score (nSPS) is 12.9. The van der Waals surface area contributed by atoms with Gasteiger partial charge in [0.05, 0.1) is 18.2 Å². The zero-order chi connectivity index (χ0) is 16.0. The second-order valence-electron chi connectivity index (χ2n) is 6.26. The molecular formula is C16H25FN2O2. The highest BCUT2D eigenvalue weighted by molar-refractivity contribution is 5.94. The summed E-state index contributed by atoms with van der Waals surface area (Å²) in [6.07, 6.45) is 0.681. The molecule has 1 aromatic rings. The number of nitrogens with one attached hydrogen (secondary N) is 1. The number of benzene rings is 1. The molecule has 4 nitrogen and oxygen atoms in total. The van der Waals surface area contributed by atoms with E-state index in [1.807, 2.05) is 0 Å². The van der Waals surface area contributed by atoms with Crippen LogP contribution < -0.4 is 15.8 Å². The fraction of sp³-hybridized carbons (Fsp3) is 0.562. The highest BCUT2D eigenvalue weighted by Gasteiger charge is 2.24. The Kier molecular flexibility index (Phi) is 6.15. The van der Waals surface area contributed by atoms with E-state index in [0.29, 0.717) is 24.5 Å². The van der Waals surface area contributed by atoms with Crippen LogP contribution in [0.25, 0.3) is 0 Å². The van der Waals surface area contributed by atoms with Gasteiger partial charge >= 0.3 is 0 Å². The Labute approximate surface area is 125 Å². The lowest BCUT2D eigenvalue weighted by atomic mass is 9.84. The van der Waals surface area contributed by atoms with Gasteiger partial charge in [-0.15, -0.1) is 0 Å². The van der Waals surface area contributed by atoms with E-state index in [1.54, 1.807) is 6.92 Å². The first kappa shape index (κ1) is 17.4. The molecule has 3 N–H and O–H groups in total. The smallest absolute Gasteiger partial charge is 0.228 e. The van der Waals surface area contributed by atoms with Gasteiger partial charge in [0.25, 0.3) is 0 Å². The van der Waals surface area contributed by atoms with Gasteiger partial charge in [-0.2, -0.15) is 0 Å². The van der Waals surface area contributed by atoms with Gasteiger partial charge in [-0.3, -0.25) is 4.79 Å². The molecule has 5 heteroatoms. The molecule has 1 rings (SSSR count). The predicted octanol–water partition coefficient (Wildman–Crippen LogP) is 3.17. The summed E-state index contributed by atoms with van der Waals surface area (Å²) < 4.78 is 18.6. The molecule has 1 unspecified atom stereocenters. The number of hydrogen-bond acceptors (Lipinski definition) is 3. The predicted molar refractivity (Wildman–Crippen MR) is 82.8 cm³/mol. The first-order valence-electron chi connectivity index (χ1n) is 7.20. The van der Waals surface area contributed by atoms with Crippen molar-refractivity contribution in [3.8, 4) is 5.75 Å². The van der Waals surface area contributed by atoms with Gasteiger partial charge in [-0.05, 0) is 30.9 Å². The lowest BCUT2D eigenvalue weighted by Gasteiger charge is -2.24. The number of anilines is 1. The second-order valence-corrected chi connectivity index (χ2v) is 6.26. The van der Waals surface area contributed by atoms with Crippen LogP contribution in [0.3, 0.4) is 0 Å². The average molecular weight is 296 g/mol. The number of ether oxygens (including phenoxy) is 1. The van der Waals surface area contributed by atoms with Crippen molar-refractivity contribution >= 4 is 11.6 Å². The SMILES string of the molecule is CCOc1cc(F)ccc1NC(=O)C(CN)CC(C)(C)C. The number of hydrogen-bond donors (Lipinski definition) is 2. The molecular weight excluding hydrogens is 271 g/mol. The van der Waals surface area contributed by atoms with E-state index < -0.39 is 5.82 Å². The average Bonchev–Trinajstić information content (AvgIpc) is 2.38. The minimum Gasteiger partial charge on any atom is -0.492 e. The van der Waals surface area contributed by atoms with Crippen LogP contribution in [0.4, 0.5) is 10.1 Å². The zero-order valence-corrected chi connectivity index (χ0v) is 13.2. The Balaban J connectivity index is 2.86. The van der Waals surface area contributed by atoms with Crippen molar-refractivity contribution in [2.45, 2.75) is 34.1 Å². The van der Waals surface area contributed by atoms with Crippen LogP contribution in [-0.4, -0.2) is 19.1 Å². The lowest BCUT2D eigenvalue weighted by molar-refractivity contribution is -0.120. The summed E-state index contributed by atoms with van der Waals surface area (Å²) in [5.41, 5.74) is 6.18. The van der Waals surface area contributed by atoms with Crippen LogP contribution >= 0.6 is 0 Å². The summed E-state index contributed by atoms with van der Waals surface area (Å²) in [5, 5.41) is 2.79. The van der Waals surface area contributed by atoms with Crippen LogP contribution in [0.1, 0.15) is 34.1 Å². The first-order chi connectivity index (χ1) is 9.76. The molecule has 1 amide bonds. The molecule has 1 aromatic carbocycles. The van der Waals surface area contributed by atoms with Crippen molar-refractivity contribution in [2.75, 3.05) is 18.5 Å². The third-order valence-electron chi connectivity index (χ3n) is 3.02. The van der Waals surface area contributed by atoms with Crippen molar-refractivity contribution in [1.82, 2.24) is 0 Å². The Bertz CT molecular complexity index is 484. The van der Waals surface area contributed by atoms with Gasteiger partial charge in [-0.1, -0.05) is 20.8 Å². The number of rotatable bonds is 6. The van der Waals surface area contributed by atoms with Gasteiger partial charge in [0.15, 0.2) is 0 Å². The molecule has 0 fully saturated rings. The minimum absolute atomic E-state index is 0.00687. The van der Waals surface area contributed by atoms with Crippen molar-refractivity contribution in [1.29, 1.82) is 0 Å². The lowest BCUT2D eigenvalue weighted by Crippen LogP contribution is -2.32. The van der Waals surface area contributed by atoms with Gasteiger partial charge in [-0.25, -0.2) is 4.39 Å². The molecule has 0 radical (unpaired) electrons. The minimum atomic E-state index is -0.401. The maximum atomic E-state index is 13.2. The van der Waals surface area contributed by atoms with Crippen LogP contribution in [0.15, 0.2) is 18.2 Å². The largest absolute Gasteiger partial charge is 0.492 e. The Morgan fingerprint density at radius 1 is 1.43 bits per heavy atom. The van der Waals surface area contributed by atoms with Crippen LogP contribution in [-0.2, 0) is 4.79 Å². The van der Waals surface area contributed by atoms with E-state index >= 15 is 0 Å². The van der Waals surface area contributed by atoms with Gasteiger partial charge < -0.3 is 15.8 Å². The molecule has 0 saturated heterocycles. The van der Waals surface area contributed by atoms with Crippen LogP contribution in [0.5, 0.6) is 5.75 Å². The molecule has 0 spiro atoms. The topological polar surface area (TPSA) is 64.3 Å². The summed E-state index contributed by atoms with van der Waals surface area (Å²) in [6.45, 7) is 8.66. The van der Waals surface area contributed by atoms with E-state index in [-0.39, 0.29) is 23.8 Å². The molecule has 0 aliphatic heterocycles. The summed E-state index contributed by atoms with van der Waals surface area (Å²) in [5.74, 6) is -0.525. The Hall–Kier alpha value is -1.62. The van der Waals surface area contributed by atoms with E-state index in [1.165, 1.54) is 18.2 Å². The molecule has 0 heterocycles. The first-order valence-corrected chi connectivity index (χ1v) is 7.20. The fourth-order valence-corrected chi connectivity index (χ4v) is 2.13. The molecule has 118 valence electrons. The standard InChI is InChI=1S/C16H25FN2O2/c1-5-21-14-8-12(17)6-7-13(14)19-15(20)11(10-18)9-16(2,3)4/h6-8,11H,5,9-10,18H2,1-4H3,(H,19,20). The molecule has 0 aliphatic carbocycles. The monoisotopic (exact) mass is 296 g/mol. The van der Waals surface area contributed by atoms with Gasteiger partial charge in [0.2, 0.25) is 5.91 Å². The fourth-order valence-electron chi connectivity index (χ4n) is 2.13. The van der Waals surface area contributed by atoms with Crippen LogP contribution in [0, 0.1) is 17.2 Å². The number of carbonyl (C=O) groups is 1. The summed E-state index contributed by atoms with van der Waals surface area (Å²) in [4.78, 5) is 12.3. The quantitative estimate of drug-likeness (QED) is 0.847. The number of nitrogens with two attached hydrogens (primary N) is 1. The summed E-state index contributed by atoms with van der Waals surface area (Å²) in [6, 6.07) is 4.06. The van der Waals surface area contributed by atoms with E-state index in [4.69, 9.17) is 10.5 Å². The maximum absolute atomic E-state index is 13.2. The van der Waals surface area contributed by atoms with Crippen molar-refractivity contribution in [3.05, 3.63) is 24.0 Å². The van der Waals surface area contributed by atoms with Crippen molar-refractivity contribution < 1.29 is 13.9 Å². The van der Waals surface area contributed by atoms with Crippen molar-refractivity contribution in [2.24, 2.45) is 17.1 Å². The maximum Gasteiger partial charge on any atom is 0.228 e. The van der Waals surface area contributed by atoms with Crippen LogP contribution in [0.2, 0.25) is 0 Å². The zero-order valence-electron chi connectivity index (χ0n) is 13.2. The molecule has 0 aliphatic rings. The molecule has 1 atom stereocenters. The molecule has 0 bridgehead atoms. The molecule has 0 saturated carbocycles. The highest BCUT2D eigenvalue weighted by atomic mass is 19.1.